The summed E-state index contributed by atoms with van der Waals surface area (Å²) in [6.07, 6.45) is 4.40. The smallest absolute Gasteiger partial charge is 0.259 e. The Bertz CT molecular complexity index is 728. The first-order valence-corrected chi connectivity index (χ1v) is 8.55. The van der Waals surface area contributed by atoms with E-state index < -0.39 is 5.91 Å². The summed E-state index contributed by atoms with van der Waals surface area (Å²) in [5, 5.41) is 2.74. The van der Waals surface area contributed by atoms with E-state index in [4.69, 9.17) is 10.5 Å². The summed E-state index contributed by atoms with van der Waals surface area (Å²) >= 11 is 0. The largest absolute Gasteiger partial charge is 0.493 e. The molecule has 0 aromatic heterocycles. The zero-order chi connectivity index (χ0) is 18.1. The molecule has 0 bridgehead atoms. The van der Waals surface area contributed by atoms with E-state index >= 15 is 0 Å². The summed E-state index contributed by atoms with van der Waals surface area (Å²) in [5.74, 6) is -0.387. The molecule has 2 aromatic carbocycles. The van der Waals surface area contributed by atoms with Gasteiger partial charge >= 0.3 is 0 Å². The molecule has 0 radical (unpaired) electrons. The summed E-state index contributed by atoms with van der Waals surface area (Å²) in [4.78, 5) is 24.1. The van der Waals surface area contributed by atoms with E-state index in [1.165, 1.54) is 6.42 Å². The summed E-state index contributed by atoms with van der Waals surface area (Å²) in [6.45, 7) is 2.73. The minimum atomic E-state index is -0.587. The maximum atomic E-state index is 12.6. The Balaban J connectivity index is 2.08. The number of nitrogens with two attached hydrogens (primary N) is 1. The zero-order valence-electron chi connectivity index (χ0n) is 14.5. The van der Waals surface area contributed by atoms with Gasteiger partial charge in [-0.3, -0.25) is 9.59 Å². The molecule has 132 valence electrons. The number of carbonyl (C=O) groups is 2. The number of nitrogens with one attached hydrogen (secondary N) is 1. The monoisotopic (exact) mass is 340 g/mol. The molecule has 0 fully saturated rings. The fourth-order valence-electron chi connectivity index (χ4n) is 2.49. The minimum Gasteiger partial charge on any atom is -0.493 e. The van der Waals surface area contributed by atoms with Crippen LogP contribution in [0.15, 0.2) is 48.5 Å². The van der Waals surface area contributed by atoms with Gasteiger partial charge in [-0.05, 0) is 30.7 Å². The van der Waals surface area contributed by atoms with Crippen LogP contribution in [0.3, 0.4) is 0 Å². The maximum Gasteiger partial charge on any atom is 0.259 e. The average molecular weight is 340 g/mol. The van der Waals surface area contributed by atoms with Crippen molar-refractivity contribution in [1.29, 1.82) is 0 Å². The van der Waals surface area contributed by atoms with E-state index in [0.29, 0.717) is 23.6 Å². The molecule has 2 aromatic rings. The number of benzene rings is 2. The predicted molar refractivity (Wildman–Crippen MR) is 99.0 cm³/mol. The molecule has 0 aliphatic carbocycles. The van der Waals surface area contributed by atoms with Gasteiger partial charge in [-0.1, -0.05) is 50.5 Å². The summed E-state index contributed by atoms with van der Waals surface area (Å²) < 4.78 is 5.77. The van der Waals surface area contributed by atoms with E-state index in [1.807, 2.05) is 6.07 Å². The molecule has 0 aliphatic heterocycles. The molecule has 0 atom stereocenters. The van der Waals surface area contributed by atoms with Crippen LogP contribution in [0.25, 0.3) is 0 Å². The Kier molecular flexibility index (Phi) is 7.01. The second-order valence-electron chi connectivity index (χ2n) is 5.77. The zero-order valence-corrected chi connectivity index (χ0v) is 14.5. The van der Waals surface area contributed by atoms with Gasteiger partial charge in [0.15, 0.2) is 0 Å². The molecule has 0 unspecified atom stereocenters. The lowest BCUT2D eigenvalue weighted by Gasteiger charge is -2.13. The molecule has 0 spiro atoms. The van der Waals surface area contributed by atoms with Crippen molar-refractivity contribution in [2.24, 2.45) is 5.73 Å². The summed E-state index contributed by atoms with van der Waals surface area (Å²) in [5.41, 5.74) is 6.44. The van der Waals surface area contributed by atoms with Crippen LogP contribution in [0.1, 0.15) is 53.3 Å². The van der Waals surface area contributed by atoms with E-state index in [0.717, 1.165) is 19.3 Å². The van der Waals surface area contributed by atoms with Gasteiger partial charge in [0.25, 0.3) is 11.8 Å². The lowest BCUT2D eigenvalue weighted by atomic mass is 10.1. The third-order valence-corrected chi connectivity index (χ3v) is 3.83. The van der Waals surface area contributed by atoms with Gasteiger partial charge in [0.05, 0.1) is 23.4 Å². The van der Waals surface area contributed by atoms with Gasteiger partial charge in [-0.25, -0.2) is 0 Å². The minimum absolute atomic E-state index is 0.272. The molecular formula is C20H24N2O3. The molecule has 3 N–H and O–H groups in total. The Morgan fingerprint density at radius 1 is 0.960 bits per heavy atom. The van der Waals surface area contributed by atoms with Crippen LogP contribution in [0.2, 0.25) is 0 Å². The van der Waals surface area contributed by atoms with E-state index in [9.17, 15) is 9.59 Å². The normalized spacial score (nSPS) is 10.3. The molecular weight excluding hydrogens is 316 g/mol. The van der Waals surface area contributed by atoms with Crippen molar-refractivity contribution in [3.63, 3.8) is 0 Å². The first kappa shape index (κ1) is 18.5. The topological polar surface area (TPSA) is 81.4 Å². The highest BCUT2D eigenvalue weighted by atomic mass is 16.5. The van der Waals surface area contributed by atoms with Crippen LogP contribution in [-0.2, 0) is 0 Å². The maximum absolute atomic E-state index is 12.6. The first-order valence-electron chi connectivity index (χ1n) is 8.55. The number of ether oxygens (including phenoxy) is 1. The molecule has 5 nitrogen and oxygen atoms in total. The number of hydrogen-bond donors (Lipinski definition) is 2. The molecule has 0 saturated carbocycles. The van der Waals surface area contributed by atoms with Gasteiger partial charge in [-0.2, -0.15) is 0 Å². The van der Waals surface area contributed by atoms with Crippen LogP contribution >= 0.6 is 0 Å². The number of para-hydroxylation sites is 2. The molecule has 2 amide bonds. The van der Waals surface area contributed by atoms with Crippen molar-refractivity contribution < 1.29 is 14.3 Å². The second-order valence-corrected chi connectivity index (χ2v) is 5.77. The average Bonchev–Trinajstić information content (AvgIpc) is 2.62. The number of carbonyl (C=O) groups excluding carboxylic acids is 2. The highest BCUT2D eigenvalue weighted by Gasteiger charge is 2.15. The Morgan fingerprint density at radius 3 is 2.36 bits per heavy atom. The van der Waals surface area contributed by atoms with Gasteiger partial charge in [-0.15, -0.1) is 0 Å². The highest BCUT2D eigenvalue weighted by molar-refractivity contribution is 6.09. The van der Waals surface area contributed by atoms with Crippen molar-refractivity contribution >= 4 is 17.5 Å². The van der Waals surface area contributed by atoms with Gasteiger partial charge in [0, 0.05) is 0 Å². The van der Waals surface area contributed by atoms with E-state index in [-0.39, 0.29) is 11.5 Å². The van der Waals surface area contributed by atoms with Crippen molar-refractivity contribution in [2.75, 3.05) is 11.9 Å². The van der Waals surface area contributed by atoms with Crippen LogP contribution in [0.5, 0.6) is 5.75 Å². The Morgan fingerprint density at radius 2 is 1.64 bits per heavy atom. The lowest BCUT2D eigenvalue weighted by molar-refractivity contribution is 0.100. The van der Waals surface area contributed by atoms with Crippen molar-refractivity contribution in [3.05, 3.63) is 59.7 Å². The number of rotatable bonds is 9. The Hall–Kier alpha value is -2.82. The summed E-state index contributed by atoms with van der Waals surface area (Å²) in [7, 11) is 0. The van der Waals surface area contributed by atoms with Gasteiger partial charge < -0.3 is 15.8 Å². The van der Waals surface area contributed by atoms with Crippen LogP contribution in [0.4, 0.5) is 5.69 Å². The number of amides is 2. The fraction of sp³-hybridized carbons (Fsp3) is 0.300. The third-order valence-electron chi connectivity index (χ3n) is 3.83. The number of primary amides is 1. The van der Waals surface area contributed by atoms with Crippen LogP contribution in [0, 0.1) is 0 Å². The molecule has 2 rings (SSSR count). The number of unbranched alkanes of at least 4 members (excludes halogenated alkanes) is 3. The quantitative estimate of drug-likeness (QED) is 0.677. The van der Waals surface area contributed by atoms with Crippen molar-refractivity contribution in [1.82, 2.24) is 0 Å². The van der Waals surface area contributed by atoms with Gasteiger partial charge in [0.1, 0.15) is 5.75 Å². The van der Waals surface area contributed by atoms with Crippen molar-refractivity contribution in [2.45, 2.75) is 32.6 Å². The molecule has 0 saturated heterocycles. The van der Waals surface area contributed by atoms with Crippen LogP contribution < -0.4 is 15.8 Å². The summed E-state index contributed by atoms with van der Waals surface area (Å²) in [6, 6.07) is 13.7. The molecule has 0 aliphatic rings. The number of hydrogen-bond acceptors (Lipinski definition) is 3. The van der Waals surface area contributed by atoms with Gasteiger partial charge in [0.2, 0.25) is 0 Å². The van der Waals surface area contributed by atoms with Crippen molar-refractivity contribution in [3.8, 4) is 5.75 Å². The first-order chi connectivity index (χ1) is 12.1. The SMILES string of the molecule is CCCCCCOc1ccccc1C(=O)Nc1ccccc1C(N)=O. The highest BCUT2D eigenvalue weighted by Crippen LogP contribution is 2.21. The fourth-order valence-corrected chi connectivity index (χ4v) is 2.49. The lowest BCUT2D eigenvalue weighted by Crippen LogP contribution is -2.18. The molecule has 5 heteroatoms. The van der Waals surface area contributed by atoms with Crippen LogP contribution in [-0.4, -0.2) is 18.4 Å². The van der Waals surface area contributed by atoms with E-state index in [1.54, 1.807) is 42.5 Å². The second kappa shape index (κ2) is 9.47. The van der Waals surface area contributed by atoms with E-state index in [2.05, 4.69) is 12.2 Å². The molecule has 25 heavy (non-hydrogen) atoms. The number of anilines is 1. The Labute approximate surface area is 148 Å². The standard InChI is InChI=1S/C20H24N2O3/c1-2-3-4-9-14-25-18-13-8-6-11-16(18)20(24)22-17-12-7-5-10-15(17)19(21)23/h5-8,10-13H,2-4,9,14H2,1H3,(H2,21,23)(H,22,24). The molecule has 0 heterocycles. The third kappa shape index (κ3) is 5.35. The predicted octanol–water partition coefficient (Wildman–Crippen LogP) is 4.00.